The first kappa shape index (κ1) is 18.1. The number of ether oxygens (including phenoxy) is 1. The van der Waals surface area contributed by atoms with Crippen molar-refractivity contribution in [2.75, 3.05) is 19.0 Å². The number of nitrogens with zero attached hydrogens (tertiary/aromatic N) is 3. The number of non-ortho nitro benzene ring substituents is 1. The summed E-state index contributed by atoms with van der Waals surface area (Å²) in [7, 11) is 3.90. The highest BCUT2D eigenvalue weighted by Crippen LogP contribution is 2.19. The molecule has 0 N–H and O–H groups in total. The van der Waals surface area contributed by atoms with Crippen LogP contribution >= 0.6 is 0 Å². The molecule has 0 spiro atoms. The molecule has 2 aromatic carbocycles. The third kappa shape index (κ3) is 4.46. The van der Waals surface area contributed by atoms with E-state index in [4.69, 9.17) is 4.74 Å². The fourth-order valence-corrected chi connectivity index (χ4v) is 2.43. The lowest BCUT2D eigenvalue weighted by Crippen LogP contribution is -2.07. The molecule has 0 aliphatic carbocycles. The largest absolute Gasteiger partial charge is 0.403 e. The fraction of sp³-hybridized carbons (Fsp3) is 0.100. The summed E-state index contributed by atoms with van der Waals surface area (Å²) in [5.41, 5.74) is 2.69. The van der Waals surface area contributed by atoms with Crippen molar-refractivity contribution >= 4 is 35.4 Å². The van der Waals surface area contributed by atoms with E-state index in [9.17, 15) is 14.9 Å². The van der Waals surface area contributed by atoms with E-state index in [1.165, 1.54) is 18.2 Å². The first-order valence-corrected chi connectivity index (χ1v) is 8.15. The topological polar surface area (TPSA) is 85.0 Å². The minimum absolute atomic E-state index is 0.00994. The number of aliphatic imine (C=N–C) groups is 1. The number of anilines is 1. The van der Waals surface area contributed by atoms with Crippen LogP contribution in [0.5, 0.6) is 0 Å². The maximum atomic E-state index is 12.0. The Kier molecular flexibility index (Phi) is 5.12. The first-order chi connectivity index (χ1) is 12.9. The van der Waals surface area contributed by atoms with E-state index in [0.29, 0.717) is 5.56 Å². The van der Waals surface area contributed by atoms with Gasteiger partial charge in [0.2, 0.25) is 5.90 Å². The molecule has 0 bridgehead atoms. The van der Waals surface area contributed by atoms with Crippen LogP contribution in [0.3, 0.4) is 0 Å². The summed E-state index contributed by atoms with van der Waals surface area (Å²) >= 11 is 0. The zero-order valence-electron chi connectivity index (χ0n) is 14.8. The van der Waals surface area contributed by atoms with Crippen molar-refractivity contribution in [2.24, 2.45) is 4.99 Å². The van der Waals surface area contributed by atoms with Gasteiger partial charge in [0.25, 0.3) is 5.69 Å². The molecule has 0 fully saturated rings. The third-order valence-corrected chi connectivity index (χ3v) is 3.85. The van der Waals surface area contributed by atoms with E-state index in [-0.39, 0.29) is 17.3 Å². The van der Waals surface area contributed by atoms with E-state index < -0.39 is 10.9 Å². The molecule has 1 aliphatic rings. The van der Waals surface area contributed by atoms with Crippen LogP contribution in [0.1, 0.15) is 11.1 Å². The Morgan fingerprint density at radius 2 is 1.81 bits per heavy atom. The van der Waals surface area contributed by atoms with Gasteiger partial charge in [-0.2, -0.15) is 0 Å². The number of nitro benzene ring substituents is 1. The minimum Gasteiger partial charge on any atom is -0.403 e. The zero-order valence-corrected chi connectivity index (χ0v) is 14.8. The molecule has 0 radical (unpaired) electrons. The quantitative estimate of drug-likeness (QED) is 0.350. The molecule has 27 heavy (non-hydrogen) atoms. The Bertz CT molecular complexity index is 973. The summed E-state index contributed by atoms with van der Waals surface area (Å²) in [5.74, 6) is -0.395. The maximum absolute atomic E-state index is 12.0. The van der Waals surface area contributed by atoms with Gasteiger partial charge < -0.3 is 9.64 Å². The Hall–Kier alpha value is -3.74. The molecule has 7 heteroatoms. The molecule has 0 atom stereocenters. The predicted molar refractivity (Wildman–Crippen MR) is 104 cm³/mol. The molecule has 2 aromatic rings. The smallest absolute Gasteiger partial charge is 0.363 e. The van der Waals surface area contributed by atoms with Gasteiger partial charge in [-0.15, -0.1) is 0 Å². The standard InChI is InChI=1S/C20H17N3O4/c1-22(2)16-9-6-15(7-10-16)13-18-20(24)27-19(21-18)11-8-14-4-3-5-17(12-14)23(25)26/h3-13H,1-2H3/b11-8+,18-13-. The van der Waals surface area contributed by atoms with Gasteiger partial charge in [-0.05, 0) is 35.4 Å². The first-order valence-electron chi connectivity index (χ1n) is 8.15. The number of hydrogen-bond acceptors (Lipinski definition) is 6. The van der Waals surface area contributed by atoms with Crippen molar-refractivity contribution in [3.05, 3.63) is 81.5 Å². The normalized spacial score (nSPS) is 15.1. The van der Waals surface area contributed by atoms with Crippen molar-refractivity contribution in [3.8, 4) is 0 Å². The van der Waals surface area contributed by atoms with Gasteiger partial charge in [0, 0.05) is 38.0 Å². The van der Waals surface area contributed by atoms with Crippen LogP contribution in [0.25, 0.3) is 12.2 Å². The molecule has 3 rings (SSSR count). The third-order valence-electron chi connectivity index (χ3n) is 3.85. The van der Waals surface area contributed by atoms with E-state index in [1.54, 1.807) is 24.3 Å². The van der Waals surface area contributed by atoms with Gasteiger partial charge in [0.05, 0.1) is 4.92 Å². The average molecular weight is 363 g/mol. The van der Waals surface area contributed by atoms with Crippen LogP contribution in [0.4, 0.5) is 11.4 Å². The van der Waals surface area contributed by atoms with Gasteiger partial charge in [0.1, 0.15) is 0 Å². The molecular formula is C20H17N3O4. The van der Waals surface area contributed by atoms with Crippen LogP contribution in [-0.4, -0.2) is 30.9 Å². The van der Waals surface area contributed by atoms with E-state index >= 15 is 0 Å². The van der Waals surface area contributed by atoms with Gasteiger partial charge in [0.15, 0.2) is 5.70 Å². The predicted octanol–water partition coefficient (Wildman–Crippen LogP) is 3.67. The SMILES string of the molecule is CN(C)c1ccc(/C=C2N=C(/C=C/c3cccc([N+](=O)[O-])c3)OC\2=O)cc1. The lowest BCUT2D eigenvalue weighted by Gasteiger charge is -2.11. The number of rotatable bonds is 5. The second-order valence-electron chi connectivity index (χ2n) is 6.04. The summed E-state index contributed by atoms with van der Waals surface area (Å²) < 4.78 is 5.12. The number of cyclic esters (lactones) is 1. The molecule has 1 aliphatic heterocycles. The fourth-order valence-electron chi connectivity index (χ4n) is 2.43. The van der Waals surface area contributed by atoms with Crippen molar-refractivity contribution in [2.45, 2.75) is 0 Å². The van der Waals surface area contributed by atoms with Crippen molar-refractivity contribution in [3.63, 3.8) is 0 Å². The second-order valence-corrected chi connectivity index (χ2v) is 6.04. The monoisotopic (exact) mass is 363 g/mol. The Balaban J connectivity index is 1.77. The van der Waals surface area contributed by atoms with Crippen molar-refractivity contribution in [1.82, 2.24) is 0 Å². The second kappa shape index (κ2) is 7.65. The highest BCUT2D eigenvalue weighted by atomic mass is 16.6. The summed E-state index contributed by atoms with van der Waals surface area (Å²) in [6.07, 6.45) is 4.76. The number of hydrogen-bond donors (Lipinski definition) is 0. The van der Waals surface area contributed by atoms with Gasteiger partial charge in [-0.3, -0.25) is 10.1 Å². The Morgan fingerprint density at radius 3 is 2.48 bits per heavy atom. The van der Waals surface area contributed by atoms with E-state index in [2.05, 4.69) is 4.99 Å². The van der Waals surface area contributed by atoms with Gasteiger partial charge in [-0.1, -0.05) is 24.3 Å². The van der Waals surface area contributed by atoms with Crippen LogP contribution in [0.15, 0.2) is 65.3 Å². The summed E-state index contributed by atoms with van der Waals surface area (Å²) in [6, 6.07) is 13.8. The highest BCUT2D eigenvalue weighted by Gasteiger charge is 2.21. The Labute approximate surface area is 156 Å². The number of benzene rings is 2. The summed E-state index contributed by atoms with van der Waals surface area (Å²) in [6.45, 7) is 0. The van der Waals surface area contributed by atoms with Crippen molar-refractivity contribution < 1.29 is 14.5 Å². The molecule has 0 saturated carbocycles. The molecule has 0 aromatic heterocycles. The lowest BCUT2D eigenvalue weighted by molar-refractivity contribution is -0.384. The van der Waals surface area contributed by atoms with E-state index in [0.717, 1.165) is 11.3 Å². The van der Waals surface area contributed by atoms with Gasteiger partial charge in [-0.25, -0.2) is 9.79 Å². The van der Waals surface area contributed by atoms with Crippen LogP contribution in [-0.2, 0) is 9.53 Å². The van der Waals surface area contributed by atoms with Crippen LogP contribution < -0.4 is 4.90 Å². The number of carbonyl (C=O) groups excluding carboxylic acids is 1. The van der Waals surface area contributed by atoms with E-state index in [1.807, 2.05) is 43.3 Å². The number of nitro groups is 1. The molecular weight excluding hydrogens is 346 g/mol. The lowest BCUT2D eigenvalue weighted by atomic mass is 10.1. The Morgan fingerprint density at radius 1 is 1.07 bits per heavy atom. The number of esters is 1. The molecule has 0 amide bonds. The molecule has 0 saturated heterocycles. The van der Waals surface area contributed by atoms with Crippen LogP contribution in [0.2, 0.25) is 0 Å². The van der Waals surface area contributed by atoms with Crippen LogP contribution in [0, 0.1) is 10.1 Å². The number of carbonyl (C=O) groups is 1. The molecule has 7 nitrogen and oxygen atoms in total. The molecule has 1 heterocycles. The molecule has 136 valence electrons. The summed E-state index contributed by atoms with van der Waals surface area (Å²) in [4.78, 5) is 28.5. The van der Waals surface area contributed by atoms with Crippen molar-refractivity contribution in [1.29, 1.82) is 0 Å². The average Bonchev–Trinajstić information content (AvgIpc) is 3.00. The zero-order chi connectivity index (χ0) is 19.4. The maximum Gasteiger partial charge on any atom is 0.363 e. The minimum atomic E-state index is -0.537. The van der Waals surface area contributed by atoms with Gasteiger partial charge >= 0.3 is 5.97 Å². The highest BCUT2D eigenvalue weighted by molar-refractivity contribution is 6.11. The molecule has 0 unspecified atom stereocenters. The summed E-state index contributed by atoms with van der Waals surface area (Å²) in [5, 5.41) is 10.8.